The van der Waals surface area contributed by atoms with Crippen LogP contribution in [0.2, 0.25) is 5.02 Å². The predicted molar refractivity (Wildman–Crippen MR) is 73.2 cm³/mol. The summed E-state index contributed by atoms with van der Waals surface area (Å²) in [5, 5.41) is 3.19. The van der Waals surface area contributed by atoms with Gasteiger partial charge in [-0.25, -0.2) is 4.39 Å². The van der Waals surface area contributed by atoms with E-state index in [-0.39, 0.29) is 28.0 Å². The van der Waals surface area contributed by atoms with Crippen molar-refractivity contribution >= 4 is 29.0 Å². The van der Waals surface area contributed by atoms with Gasteiger partial charge in [0.25, 0.3) is 0 Å². The molecule has 1 amide bonds. The van der Waals surface area contributed by atoms with Crippen LogP contribution in [-0.2, 0) is 4.79 Å². The standard InChI is InChI=1S/C14H14ClFN2O2/c15-6-4-9-12(10(16)5-6)18-11-7(13(9)19)2-1-3-8(11)14(17)20/h4-5,7-8,11,18H,1-3H2,(H2,17,20). The van der Waals surface area contributed by atoms with Crippen LogP contribution in [0.3, 0.4) is 0 Å². The number of Topliss-reactive ketones (excluding diaryl/α,β-unsaturated/α-hetero) is 1. The molecule has 1 heterocycles. The highest BCUT2D eigenvalue weighted by molar-refractivity contribution is 6.31. The van der Waals surface area contributed by atoms with E-state index in [1.807, 2.05) is 0 Å². The number of rotatable bonds is 1. The molecule has 106 valence electrons. The first kappa shape index (κ1) is 13.4. The molecule has 1 fully saturated rings. The van der Waals surface area contributed by atoms with Gasteiger partial charge in [-0.3, -0.25) is 9.59 Å². The summed E-state index contributed by atoms with van der Waals surface area (Å²) in [5.41, 5.74) is 5.79. The van der Waals surface area contributed by atoms with E-state index in [0.29, 0.717) is 12.8 Å². The smallest absolute Gasteiger partial charge is 0.222 e. The Hall–Kier alpha value is -1.62. The number of anilines is 1. The lowest BCUT2D eigenvalue weighted by Gasteiger charge is -2.40. The molecule has 3 atom stereocenters. The number of hydrogen-bond donors (Lipinski definition) is 2. The summed E-state index contributed by atoms with van der Waals surface area (Å²) in [5.74, 6) is -1.96. The normalized spacial score (nSPS) is 28.3. The molecule has 0 spiro atoms. The minimum absolute atomic E-state index is 0.133. The lowest BCUT2D eigenvalue weighted by atomic mass is 9.71. The highest BCUT2D eigenvalue weighted by Gasteiger charge is 2.44. The first-order chi connectivity index (χ1) is 9.49. The number of nitrogens with one attached hydrogen (secondary N) is 1. The molecule has 6 heteroatoms. The van der Waals surface area contributed by atoms with Gasteiger partial charge in [-0.05, 0) is 25.0 Å². The summed E-state index contributed by atoms with van der Waals surface area (Å²) in [6.45, 7) is 0. The van der Waals surface area contributed by atoms with Crippen molar-refractivity contribution in [1.82, 2.24) is 0 Å². The van der Waals surface area contributed by atoms with E-state index in [1.165, 1.54) is 6.07 Å². The molecule has 2 aliphatic rings. The van der Waals surface area contributed by atoms with Gasteiger partial charge in [-0.15, -0.1) is 0 Å². The Kier molecular flexibility index (Phi) is 3.17. The van der Waals surface area contributed by atoms with Gasteiger partial charge in [0.05, 0.1) is 11.6 Å². The highest BCUT2D eigenvalue weighted by Crippen LogP contribution is 2.41. The molecule has 3 N–H and O–H groups in total. The van der Waals surface area contributed by atoms with Crippen molar-refractivity contribution in [2.75, 3.05) is 5.32 Å². The molecule has 1 aromatic carbocycles. The molecule has 1 aliphatic carbocycles. The van der Waals surface area contributed by atoms with Crippen molar-refractivity contribution in [3.63, 3.8) is 0 Å². The van der Waals surface area contributed by atoms with Gasteiger partial charge in [0, 0.05) is 22.5 Å². The summed E-state index contributed by atoms with van der Waals surface area (Å²) in [6.07, 6.45) is 2.07. The Bertz CT molecular complexity index is 605. The third-order valence-electron chi connectivity index (χ3n) is 4.23. The summed E-state index contributed by atoms with van der Waals surface area (Å²) in [6, 6.07) is 2.21. The van der Waals surface area contributed by atoms with E-state index in [1.54, 1.807) is 0 Å². The Morgan fingerprint density at radius 3 is 2.85 bits per heavy atom. The van der Waals surface area contributed by atoms with Crippen molar-refractivity contribution in [3.05, 3.63) is 28.5 Å². The van der Waals surface area contributed by atoms with Gasteiger partial charge in [0.1, 0.15) is 5.82 Å². The molecule has 1 aromatic rings. The van der Waals surface area contributed by atoms with Crippen LogP contribution in [0.15, 0.2) is 12.1 Å². The molecule has 3 rings (SSSR count). The van der Waals surface area contributed by atoms with E-state index in [9.17, 15) is 14.0 Å². The number of nitrogens with two attached hydrogens (primary N) is 1. The molecule has 1 saturated carbocycles. The highest BCUT2D eigenvalue weighted by atomic mass is 35.5. The molecule has 0 saturated heterocycles. The third kappa shape index (κ3) is 1.97. The summed E-state index contributed by atoms with van der Waals surface area (Å²) < 4.78 is 14.0. The number of benzene rings is 1. The van der Waals surface area contributed by atoms with Crippen molar-refractivity contribution in [3.8, 4) is 0 Å². The minimum Gasteiger partial charge on any atom is -0.378 e. The molecule has 0 aromatic heterocycles. The number of primary amides is 1. The molecule has 0 bridgehead atoms. The maximum absolute atomic E-state index is 14.0. The first-order valence-electron chi connectivity index (χ1n) is 6.58. The fourth-order valence-electron chi connectivity index (χ4n) is 3.29. The number of carbonyl (C=O) groups excluding carboxylic acids is 2. The number of carbonyl (C=O) groups is 2. The van der Waals surface area contributed by atoms with Gasteiger partial charge in [0.15, 0.2) is 5.78 Å². The average molecular weight is 297 g/mol. The quantitative estimate of drug-likeness (QED) is 0.835. The van der Waals surface area contributed by atoms with Crippen LogP contribution >= 0.6 is 11.6 Å². The van der Waals surface area contributed by atoms with Gasteiger partial charge >= 0.3 is 0 Å². The number of fused-ring (bicyclic) bond motifs is 2. The lowest BCUT2D eigenvalue weighted by molar-refractivity contribution is -0.123. The van der Waals surface area contributed by atoms with Crippen molar-refractivity contribution in [2.24, 2.45) is 17.6 Å². The molecule has 20 heavy (non-hydrogen) atoms. The third-order valence-corrected chi connectivity index (χ3v) is 4.45. The first-order valence-corrected chi connectivity index (χ1v) is 6.96. The molecule has 0 radical (unpaired) electrons. The van der Waals surface area contributed by atoms with Crippen molar-refractivity contribution in [1.29, 1.82) is 0 Å². The van der Waals surface area contributed by atoms with E-state index in [2.05, 4.69) is 5.32 Å². The Morgan fingerprint density at radius 2 is 2.15 bits per heavy atom. The summed E-state index contributed by atoms with van der Waals surface area (Å²) in [4.78, 5) is 24.0. The fraction of sp³-hybridized carbons (Fsp3) is 0.429. The van der Waals surface area contributed by atoms with Gasteiger partial charge in [0.2, 0.25) is 5.91 Å². The van der Waals surface area contributed by atoms with Gasteiger partial charge in [-0.1, -0.05) is 18.0 Å². The summed E-state index contributed by atoms with van der Waals surface area (Å²) in [7, 11) is 0. The summed E-state index contributed by atoms with van der Waals surface area (Å²) >= 11 is 5.81. The fourth-order valence-corrected chi connectivity index (χ4v) is 3.50. The number of hydrogen-bond acceptors (Lipinski definition) is 3. The molecule has 1 aliphatic heterocycles. The predicted octanol–water partition coefficient (Wildman–Crippen LogP) is 2.36. The van der Waals surface area contributed by atoms with Crippen LogP contribution in [0.1, 0.15) is 29.6 Å². The zero-order chi connectivity index (χ0) is 14.4. The van der Waals surface area contributed by atoms with Crippen LogP contribution in [0.4, 0.5) is 10.1 Å². The van der Waals surface area contributed by atoms with Crippen molar-refractivity contribution < 1.29 is 14.0 Å². The molecule has 3 unspecified atom stereocenters. The van der Waals surface area contributed by atoms with Gasteiger partial charge in [-0.2, -0.15) is 0 Å². The van der Waals surface area contributed by atoms with Crippen LogP contribution < -0.4 is 11.1 Å². The second-order valence-corrected chi connectivity index (χ2v) is 5.83. The topological polar surface area (TPSA) is 72.2 Å². The number of halogens is 2. The van der Waals surface area contributed by atoms with Crippen LogP contribution in [0.5, 0.6) is 0 Å². The minimum atomic E-state index is -0.576. The molecule has 4 nitrogen and oxygen atoms in total. The second-order valence-electron chi connectivity index (χ2n) is 5.39. The lowest BCUT2D eigenvalue weighted by Crippen LogP contribution is -2.51. The van der Waals surface area contributed by atoms with Crippen LogP contribution in [-0.4, -0.2) is 17.7 Å². The average Bonchev–Trinajstić information content (AvgIpc) is 2.39. The molecular formula is C14H14ClFN2O2. The van der Waals surface area contributed by atoms with Crippen LogP contribution in [0, 0.1) is 17.7 Å². The number of ketones is 1. The zero-order valence-corrected chi connectivity index (χ0v) is 11.4. The van der Waals surface area contributed by atoms with Gasteiger partial charge < -0.3 is 11.1 Å². The van der Waals surface area contributed by atoms with E-state index < -0.39 is 23.7 Å². The van der Waals surface area contributed by atoms with E-state index >= 15 is 0 Å². The Balaban J connectivity index is 2.07. The second kappa shape index (κ2) is 4.74. The largest absolute Gasteiger partial charge is 0.378 e. The Labute approximate surface area is 120 Å². The van der Waals surface area contributed by atoms with E-state index in [0.717, 1.165) is 12.5 Å². The van der Waals surface area contributed by atoms with Crippen LogP contribution in [0.25, 0.3) is 0 Å². The monoisotopic (exact) mass is 296 g/mol. The van der Waals surface area contributed by atoms with E-state index in [4.69, 9.17) is 17.3 Å². The molecular weight excluding hydrogens is 283 g/mol. The number of amides is 1. The zero-order valence-electron chi connectivity index (χ0n) is 10.7. The maximum atomic E-state index is 14.0. The van der Waals surface area contributed by atoms with Crippen molar-refractivity contribution in [2.45, 2.75) is 25.3 Å². The Morgan fingerprint density at radius 1 is 1.40 bits per heavy atom. The maximum Gasteiger partial charge on any atom is 0.222 e. The SMILES string of the molecule is NC(=O)C1CCCC2C(=O)c3cc(Cl)cc(F)c3NC12.